The van der Waals surface area contributed by atoms with Gasteiger partial charge in [-0.2, -0.15) is 0 Å². The van der Waals surface area contributed by atoms with Gasteiger partial charge in [-0.3, -0.25) is 0 Å². The van der Waals surface area contributed by atoms with Crippen LogP contribution < -0.4 is 5.32 Å². The molecule has 1 nitrogen and oxygen atoms in total. The maximum Gasteiger partial charge on any atom is 0.0701 e. The van der Waals surface area contributed by atoms with E-state index in [4.69, 9.17) is 0 Å². The van der Waals surface area contributed by atoms with E-state index in [0.717, 1.165) is 19.4 Å². The molecule has 0 aliphatic rings. The van der Waals surface area contributed by atoms with Crippen LogP contribution in [0.1, 0.15) is 30.5 Å². The smallest absolute Gasteiger partial charge is 0.0701 e. The fraction of sp³-hybridized carbons (Fsp3) is 0.333. The molecule has 3 heteroatoms. The third-order valence-corrected chi connectivity index (χ3v) is 4.53. The van der Waals surface area contributed by atoms with Gasteiger partial charge in [-0.25, -0.2) is 0 Å². The Balaban J connectivity index is 1.98. The fourth-order valence-corrected chi connectivity index (χ4v) is 3.32. The van der Waals surface area contributed by atoms with Gasteiger partial charge in [0.1, 0.15) is 0 Å². The molecule has 2 aromatic rings. The van der Waals surface area contributed by atoms with Crippen molar-refractivity contribution in [3.8, 4) is 0 Å². The van der Waals surface area contributed by atoms with E-state index in [1.54, 1.807) is 11.3 Å². The van der Waals surface area contributed by atoms with Crippen molar-refractivity contribution >= 4 is 27.3 Å². The zero-order chi connectivity index (χ0) is 12.8. The van der Waals surface area contributed by atoms with Gasteiger partial charge < -0.3 is 5.32 Å². The molecule has 1 atom stereocenters. The van der Waals surface area contributed by atoms with Gasteiger partial charge in [0.05, 0.1) is 3.79 Å². The number of thiophene rings is 1. The zero-order valence-corrected chi connectivity index (χ0v) is 12.9. The van der Waals surface area contributed by atoms with E-state index in [1.807, 2.05) is 0 Å². The summed E-state index contributed by atoms with van der Waals surface area (Å²) in [7, 11) is 0. The second-order valence-electron chi connectivity index (χ2n) is 4.32. The van der Waals surface area contributed by atoms with E-state index < -0.39 is 0 Å². The first kappa shape index (κ1) is 13.8. The summed E-state index contributed by atoms with van der Waals surface area (Å²) in [5.74, 6) is 0. The van der Waals surface area contributed by atoms with E-state index in [1.165, 1.54) is 14.9 Å². The van der Waals surface area contributed by atoms with Crippen molar-refractivity contribution in [1.29, 1.82) is 0 Å². The van der Waals surface area contributed by atoms with Gasteiger partial charge in [-0.15, -0.1) is 11.3 Å². The SMILES string of the molecule is CCNC(CCc1ccccc1)c1csc(Br)c1. The molecule has 0 spiro atoms. The number of aryl methyl sites for hydroxylation is 1. The van der Waals surface area contributed by atoms with Crippen molar-refractivity contribution in [2.24, 2.45) is 0 Å². The van der Waals surface area contributed by atoms with Crippen LogP contribution in [0.25, 0.3) is 0 Å². The Morgan fingerprint density at radius 2 is 2.06 bits per heavy atom. The number of hydrogen-bond donors (Lipinski definition) is 1. The van der Waals surface area contributed by atoms with E-state index in [9.17, 15) is 0 Å². The Bertz CT molecular complexity index is 466. The van der Waals surface area contributed by atoms with Gasteiger partial charge in [0.15, 0.2) is 0 Å². The Morgan fingerprint density at radius 1 is 1.28 bits per heavy atom. The maximum atomic E-state index is 3.57. The summed E-state index contributed by atoms with van der Waals surface area (Å²) in [6.07, 6.45) is 2.26. The normalized spacial score (nSPS) is 12.6. The lowest BCUT2D eigenvalue weighted by molar-refractivity contribution is 0.516. The molecule has 1 N–H and O–H groups in total. The molecule has 0 aliphatic heterocycles. The molecule has 0 fully saturated rings. The lowest BCUT2D eigenvalue weighted by Crippen LogP contribution is -2.21. The molecule has 1 heterocycles. The molecular formula is C15H18BrNS. The summed E-state index contributed by atoms with van der Waals surface area (Å²) in [5.41, 5.74) is 2.80. The average molecular weight is 324 g/mol. The first-order valence-electron chi connectivity index (χ1n) is 6.31. The maximum absolute atomic E-state index is 3.57. The molecule has 1 aromatic heterocycles. The molecule has 0 aliphatic carbocycles. The van der Waals surface area contributed by atoms with Gasteiger partial charge in [0, 0.05) is 6.04 Å². The Hall–Kier alpha value is -0.640. The van der Waals surface area contributed by atoms with Crippen LogP contribution in [0.2, 0.25) is 0 Å². The molecular weight excluding hydrogens is 306 g/mol. The molecule has 0 saturated carbocycles. The lowest BCUT2D eigenvalue weighted by atomic mass is 10.0. The molecule has 0 radical (unpaired) electrons. The van der Waals surface area contributed by atoms with Crippen LogP contribution in [0.5, 0.6) is 0 Å². The highest BCUT2D eigenvalue weighted by atomic mass is 79.9. The number of rotatable bonds is 6. The quantitative estimate of drug-likeness (QED) is 0.805. The van der Waals surface area contributed by atoms with Crippen LogP contribution in [0.3, 0.4) is 0 Å². The summed E-state index contributed by atoms with van der Waals surface area (Å²) in [6.45, 7) is 3.17. The summed E-state index contributed by atoms with van der Waals surface area (Å²) < 4.78 is 1.21. The molecule has 18 heavy (non-hydrogen) atoms. The standard InChI is InChI=1S/C15H18BrNS/c1-2-17-14(13-10-15(16)18-11-13)9-8-12-6-4-3-5-7-12/h3-7,10-11,14,17H,2,8-9H2,1H3. The first-order chi connectivity index (χ1) is 8.79. The van der Waals surface area contributed by atoms with Gasteiger partial charge in [0.2, 0.25) is 0 Å². The minimum atomic E-state index is 0.456. The van der Waals surface area contributed by atoms with Gasteiger partial charge in [0.25, 0.3) is 0 Å². The first-order valence-corrected chi connectivity index (χ1v) is 7.98. The third kappa shape index (κ3) is 3.94. The van der Waals surface area contributed by atoms with Crippen molar-refractivity contribution in [1.82, 2.24) is 5.32 Å². The molecule has 96 valence electrons. The van der Waals surface area contributed by atoms with E-state index >= 15 is 0 Å². The van der Waals surface area contributed by atoms with Crippen LogP contribution in [-0.4, -0.2) is 6.54 Å². The van der Waals surface area contributed by atoms with E-state index in [0.29, 0.717) is 6.04 Å². The lowest BCUT2D eigenvalue weighted by Gasteiger charge is -2.16. The van der Waals surface area contributed by atoms with Gasteiger partial charge >= 0.3 is 0 Å². The molecule has 2 rings (SSSR count). The van der Waals surface area contributed by atoms with Crippen LogP contribution in [0, 0.1) is 0 Å². The van der Waals surface area contributed by atoms with Crippen LogP contribution in [0.15, 0.2) is 45.6 Å². The highest BCUT2D eigenvalue weighted by Gasteiger charge is 2.11. The minimum Gasteiger partial charge on any atom is -0.310 e. The summed E-state index contributed by atoms with van der Waals surface area (Å²) in [6, 6.07) is 13.4. The van der Waals surface area contributed by atoms with Gasteiger partial charge in [-0.1, -0.05) is 37.3 Å². The molecule has 0 amide bonds. The number of hydrogen-bond acceptors (Lipinski definition) is 2. The van der Waals surface area contributed by atoms with E-state index in [2.05, 4.69) is 69.9 Å². The van der Waals surface area contributed by atoms with Crippen molar-refractivity contribution in [3.05, 3.63) is 56.7 Å². The van der Waals surface area contributed by atoms with Crippen molar-refractivity contribution in [2.45, 2.75) is 25.8 Å². The van der Waals surface area contributed by atoms with Crippen molar-refractivity contribution in [2.75, 3.05) is 6.54 Å². The van der Waals surface area contributed by atoms with Gasteiger partial charge in [-0.05, 0) is 57.9 Å². The highest BCUT2D eigenvalue weighted by Crippen LogP contribution is 2.27. The number of nitrogens with one attached hydrogen (secondary N) is 1. The monoisotopic (exact) mass is 323 g/mol. The topological polar surface area (TPSA) is 12.0 Å². The number of halogens is 1. The predicted octanol–water partition coefficient (Wildman–Crippen LogP) is 4.79. The highest BCUT2D eigenvalue weighted by molar-refractivity contribution is 9.11. The third-order valence-electron chi connectivity index (χ3n) is 3.01. The number of benzene rings is 1. The molecule has 0 bridgehead atoms. The summed E-state index contributed by atoms with van der Waals surface area (Å²) in [4.78, 5) is 0. The molecule has 1 unspecified atom stereocenters. The van der Waals surface area contributed by atoms with Crippen LogP contribution in [-0.2, 0) is 6.42 Å². The second kappa shape index (κ2) is 7.07. The predicted molar refractivity (Wildman–Crippen MR) is 83.2 cm³/mol. The second-order valence-corrected chi connectivity index (χ2v) is 6.61. The Kier molecular flexibility index (Phi) is 5.42. The Morgan fingerprint density at radius 3 is 2.67 bits per heavy atom. The molecule has 1 aromatic carbocycles. The van der Waals surface area contributed by atoms with Crippen LogP contribution >= 0.6 is 27.3 Å². The fourth-order valence-electron chi connectivity index (χ4n) is 2.09. The van der Waals surface area contributed by atoms with Crippen LogP contribution in [0.4, 0.5) is 0 Å². The summed E-state index contributed by atoms with van der Waals surface area (Å²) >= 11 is 5.30. The summed E-state index contributed by atoms with van der Waals surface area (Å²) in [5, 5.41) is 5.81. The van der Waals surface area contributed by atoms with Crippen molar-refractivity contribution < 1.29 is 0 Å². The van der Waals surface area contributed by atoms with E-state index in [-0.39, 0.29) is 0 Å². The average Bonchev–Trinajstić information content (AvgIpc) is 2.82. The minimum absolute atomic E-state index is 0.456. The zero-order valence-electron chi connectivity index (χ0n) is 10.5. The Labute approximate surface area is 121 Å². The molecule has 0 saturated heterocycles. The van der Waals surface area contributed by atoms with Crippen molar-refractivity contribution in [3.63, 3.8) is 0 Å². The largest absolute Gasteiger partial charge is 0.310 e.